The average Bonchev–Trinajstić information content (AvgIpc) is 2.83. The van der Waals surface area contributed by atoms with Crippen molar-refractivity contribution < 1.29 is 0 Å². The van der Waals surface area contributed by atoms with Gasteiger partial charge in [0.1, 0.15) is 5.82 Å². The first-order valence-electron chi connectivity index (χ1n) is 6.58. The van der Waals surface area contributed by atoms with Gasteiger partial charge in [-0.3, -0.25) is 0 Å². The molecule has 2 aromatic carbocycles. The Morgan fingerprint density at radius 1 is 1.00 bits per heavy atom. The van der Waals surface area contributed by atoms with Crippen molar-refractivity contribution in [2.45, 2.75) is 13.3 Å². The number of rotatable bonds is 3. The number of hydrogen-bond donors (Lipinski definition) is 1. The minimum Gasteiger partial charge on any atom is -0.345 e. The predicted molar refractivity (Wildman–Crippen MR) is 85.7 cm³/mol. The number of aromatic amines is 1. The van der Waals surface area contributed by atoms with E-state index in [4.69, 9.17) is 4.98 Å². The van der Waals surface area contributed by atoms with E-state index in [2.05, 4.69) is 52.1 Å². The van der Waals surface area contributed by atoms with Crippen LogP contribution in [0, 0.1) is 6.92 Å². The molecule has 3 aromatic rings. The van der Waals surface area contributed by atoms with Crippen LogP contribution in [0.4, 0.5) is 0 Å². The van der Waals surface area contributed by atoms with E-state index >= 15 is 0 Å². The fraction of sp³-hybridized carbons (Fsp3) is 0.118. The molecule has 0 saturated carbocycles. The summed E-state index contributed by atoms with van der Waals surface area (Å²) in [6.07, 6.45) is 0.801. The van der Waals surface area contributed by atoms with Crippen LogP contribution in [0.2, 0.25) is 0 Å². The zero-order valence-corrected chi connectivity index (χ0v) is 12.8. The second-order valence-corrected chi connectivity index (χ2v) is 5.65. The SMILES string of the molecule is Cc1[nH]c(Cc2ccccc2Br)nc1-c1ccccc1. The van der Waals surface area contributed by atoms with E-state index < -0.39 is 0 Å². The molecule has 0 aliphatic rings. The molecule has 0 aliphatic carbocycles. The fourth-order valence-corrected chi connectivity index (χ4v) is 2.73. The molecule has 0 atom stereocenters. The molecular formula is C17H15BrN2. The minimum atomic E-state index is 0.801. The van der Waals surface area contributed by atoms with Crippen molar-refractivity contribution in [3.05, 3.63) is 76.2 Å². The standard InChI is InChI=1S/C17H15BrN2/c1-12-17(13-7-3-2-4-8-13)20-16(19-12)11-14-9-5-6-10-15(14)18/h2-10H,11H2,1H3,(H,19,20). The van der Waals surface area contributed by atoms with E-state index in [9.17, 15) is 0 Å². The molecular weight excluding hydrogens is 312 g/mol. The van der Waals surface area contributed by atoms with Crippen molar-refractivity contribution in [2.75, 3.05) is 0 Å². The van der Waals surface area contributed by atoms with Gasteiger partial charge in [-0.2, -0.15) is 0 Å². The molecule has 0 spiro atoms. The fourth-order valence-electron chi connectivity index (χ4n) is 2.31. The number of H-pyrrole nitrogens is 1. The van der Waals surface area contributed by atoms with Crippen LogP contribution >= 0.6 is 15.9 Å². The third-order valence-electron chi connectivity index (χ3n) is 3.30. The number of aryl methyl sites for hydroxylation is 1. The first kappa shape index (κ1) is 13.1. The van der Waals surface area contributed by atoms with Gasteiger partial charge >= 0.3 is 0 Å². The molecule has 0 unspecified atom stereocenters. The first-order valence-corrected chi connectivity index (χ1v) is 7.37. The van der Waals surface area contributed by atoms with Crippen LogP contribution in [-0.4, -0.2) is 9.97 Å². The molecule has 1 N–H and O–H groups in total. The van der Waals surface area contributed by atoms with Gasteiger partial charge in [-0.05, 0) is 18.6 Å². The van der Waals surface area contributed by atoms with Gasteiger partial charge in [0.25, 0.3) is 0 Å². The Morgan fingerprint density at radius 2 is 1.70 bits per heavy atom. The largest absolute Gasteiger partial charge is 0.345 e. The molecule has 0 amide bonds. The topological polar surface area (TPSA) is 28.7 Å². The van der Waals surface area contributed by atoms with Crippen molar-refractivity contribution in [1.82, 2.24) is 9.97 Å². The third kappa shape index (κ3) is 2.68. The highest BCUT2D eigenvalue weighted by atomic mass is 79.9. The zero-order valence-electron chi connectivity index (χ0n) is 11.2. The predicted octanol–water partition coefficient (Wildman–Crippen LogP) is 4.74. The molecule has 2 nitrogen and oxygen atoms in total. The summed E-state index contributed by atoms with van der Waals surface area (Å²) >= 11 is 3.58. The molecule has 0 fully saturated rings. The Hall–Kier alpha value is -1.87. The summed E-state index contributed by atoms with van der Waals surface area (Å²) in [5.74, 6) is 0.994. The van der Waals surface area contributed by atoms with Crippen molar-refractivity contribution >= 4 is 15.9 Å². The molecule has 3 rings (SSSR count). The van der Waals surface area contributed by atoms with Gasteiger partial charge in [0.05, 0.1) is 5.69 Å². The lowest BCUT2D eigenvalue weighted by atomic mass is 10.1. The van der Waals surface area contributed by atoms with E-state index in [-0.39, 0.29) is 0 Å². The van der Waals surface area contributed by atoms with Gasteiger partial charge in [0, 0.05) is 22.2 Å². The second kappa shape index (κ2) is 5.63. The lowest BCUT2D eigenvalue weighted by Crippen LogP contribution is -1.91. The molecule has 1 aromatic heterocycles. The lowest BCUT2D eigenvalue weighted by molar-refractivity contribution is 1.01. The quantitative estimate of drug-likeness (QED) is 0.740. The number of nitrogens with one attached hydrogen (secondary N) is 1. The van der Waals surface area contributed by atoms with Gasteiger partial charge in [0.15, 0.2) is 0 Å². The van der Waals surface area contributed by atoms with Crippen molar-refractivity contribution in [2.24, 2.45) is 0 Å². The Balaban J connectivity index is 1.92. The van der Waals surface area contributed by atoms with Crippen LogP contribution in [0.15, 0.2) is 59.1 Å². The van der Waals surface area contributed by atoms with Crippen LogP contribution in [-0.2, 0) is 6.42 Å². The summed E-state index contributed by atoms with van der Waals surface area (Å²) in [7, 11) is 0. The molecule has 0 bridgehead atoms. The second-order valence-electron chi connectivity index (χ2n) is 4.79. The number of imidazole rings is 1. The van der Waals surface area contributed by atoms with Gasteiger partial charge < -0.3 is 4.98 Å². The van der Waals surface area contributed by atoms with Crippen LogP contribution < -0.4 is 0 Å². The van der Waals surface area contributed by atoms with E-state index in [1.807, 2.05) is 30.3 Å². The first-order chi connectivity index (χ1) is 9.74. The molecule has 1 heterocycles. The van der Waals surface area contributed by atoms with Crippen LogP contribution in [0.1, 0.15) is 17.1 Å². The van der Waals surface area contributed by atoms with Crippen LogP contribution in [0.5, 0.6) is 0 Å². The number of halogens is 1. The Morgan fingerprint density at radius 3 is 2.45 bits per heavy atom. The Bertz CT molecular complexity index is 717. The summed E-state index contributed by atoms with van der Waals surface area (Å²) in [6.45, 7) is 2.07. The Labute approximate surface area is 127 Å². The van der Waals surface area contributed by atoms with Gasteiger partial charge in [0.2, 0.25) is 0 Å². The zero-order chi connectivity index (χ0) is 13.9. The van der Waals surface area contributed by atoms with E-state index in [1.54, 1.807) is 0 Å². The maximum atomic E-state index is 4.74. The van der Waals surface area contributed by atoms with Crippen LogP contribution in [0.25, 0.3) is 11.3 Å². The summed E-state index contributed by atoms with van der Waals surface area (Å²) in [5, 5.41) is 0. The Kier molecular flexibility index (Phi) is 3.70. The molecule has 20 heavy (non-hydrogen) atoms. The number of benzene rings is 2. The molecule has 0 saturated heterocycles. The number of aromatic nitrogens is 2. The summed E-state index contributed by atoms with van der Waals surface area (Å²) in [5.41, 5.74) is 4.53. The number of hydrogen-bond acceptors (Lipinski definition) is 1. The summed E-state index contributed by atoms with van der Waals surface area (Å²) in [6, 6.07) is 18.5. The summed E-state index contributed by atoms with van der Waals surface area (Å²) in [4.78, 5) is 8.13. The monoisotopic (exact) mass is 326 g/mol. The summed E-state index contributed by atoms with van der Waals surface area (Å²) < 4.78 is 1.12. The van der Waals surface area contributed by atoms with Gasteiger partial charge in [-0.25, -0.2) is 4.98 Å². The van der Waals surface area contributed by atoms with Crippen LogP contribution in [0.3, 0.4) is 0 Å². The van der Waals surface area contributed by atoms with Crippen molar-refractivity contribution in [3.63, 3.8) is 0 Å². The normalized spacial score (nSPS) is 10.7. The lowest BCUT2D eigenvalue weighted by Gasteiger charge is -2.01. The molecule has 3 heteroatoms. The average molecular weight is 327 g/mol. The highest BCUT2D eigenvalue weighted by Gasteiger charge is 2.10. The maximum Gasteiger partial charge on any atom is 0.111 e. The van der Waals surface area contributed by atoms with E-state index in [1.165, 1.54) is 5.56 Å². The third-order valence-corrected chi connectivity index (χ3v) is 4.07. The molecule has 0 radical (unpaired) electrons. The van der Waals surface area contributed by atoms with E-state index in [0.717, 1.165) is 33.7 Å². The van der Waals surface area contributed by atoms with E-state index in [0.29, 0.717) is 0 Å². The molecule has 0 aliphatic heterocycles. The van der Waals surface area contributed by atoms with Crippen molar-refractivity contribution in [1.29, 1.82) is 0 Å². The highest BCUT2D eigenvalue weighted by Crippen LogP contribution is 2.23. The number of nitrogens with zero attached hydrogens (tertiary/aromatic N) is 1. The van der Waals surface area contributed by atoms with Gasteiger partial charge in [-0.15, -0.1) is 0 Å². The smallest absolute Gasteiger partial charge is 0.111 e. The maximum absolute atomic E-state index is 4.74. The molecule has 100 valence electrons. The highest BCUT2D eigenvalue weighted by molar-refractivity contribution is 9.10. The minimum absolute atomic E-state index is 0.801. The van der Waals surface area contributed by atoms with Crippen molar-refractivity contribution in [3.8, 4) is 11.3 Å². The van der Waals surface area contributed by atoms with Gasteiger partial charge in [-0.1, -0.05) is 64.5 Å².